The molecule has 1 aromatic rings. The zero-order chi connectivity index (χ0) is 17.6. The summed E-state index contributed by atoms with van der Waals surface area (Å²) in [5, 5.41) is 10.5. The Labute approximate surface area is 140 Å². The molecule has 3 rings (SSSR count). The summed E-state index contributed by atoms with van der Waals surface area (Å²) in [5.74, 6) is -3.23. The molecular weight excluding hydrogens is 316 g/mol. The van der Waals surface area contributed by atoms with Gasteiger partial charge < -0.3 is 9.84 Å². The van der Waals surface area contributed by atoms with Gasteiger partial charge in [-0.3, -0.25) is 9.69 Å². The van der Waals surface area contributed by atoms with Crippen LogP contribution in [0.2, 0.25) is 0 Å². The van der Waals surface area contributed by atoms with E-state index in [4.69, 9.17) is 4.74 Å². The van der Waals surface area contributed by atoms with Crippen LogP contribution in [0.3, 0.4) is 0 Å². The first-order valence-electron chi connectivity index (χ1n) is 8.27. The Morgan fingerprint density at radius 1 is 1.42 bits per heavy atom. The summed E-state index contributed by atoms with van der Waals surface area (Å²) in [5.41, 5.74) is -1.10. The maximum absolute atomic E-state index is 13.9. The highest BCUT2D eigenvalue weighted by molar-refractivity contribution is 5.70. The van der Waals surface area contributed by atoms with E-state index in [1.165, 1.54) is 6.92 Å². The molecule has 1 heterocycles. The number of carbonyl (C=O) groups excluding carboxylic acids is 1. The summed E-state index contributed by atoms with van der Waals surface area (Å²) < 4.78 is 32.7. The molecule has 0 spiro atoms. The number of ether oxygens (including phenoxy) is 1. The van der Waals surface area contributed by atoms with Gasteiger partial charge >= 0.3 is 5.97 Å². The topological polar surface area (TPSA) is 49.5 Å². The van der Waals surface area contributed by atoms with Gasteiger partial charge in [0.1, 0.15) is 0 Å². The number of hydrogen-bond acceptors (Lipinski definition) is 4. The normalized spacial score (nSPS) is 32.2. The smallest absolute Gasteiger partial charge is 0.308 e. The molecule has 2 fully saturated rings. The standard InChI is InChI=1S/C18H23F2NO3/c1-3-24-14(22)9-16(2,23)11-17-12-18(19,20)15(17)21(17)10-13-7-5-4-6-8-13/h4-8,15,23H,3,9-12H2,1-2H3. The first-order chi connectivity index (χ1) is 11.2. The van der Waals surface area contributed by atoms with Crippen LogP contribution in [0.1, 0.15) is 38.7 Å². The lowest BCUT2D eigenvalue weighted by Gasteiger charge is -2.36. The van der Waals surface area contributed by atoms with Crippen molar-refractivity contribution in [1.82, 2.24) is 4.90 Å². The molecule has 1 N–H and O–H groups in total. The summed E-state index contributed by atoms with van der Waals surface area (Å²) in [6, 6.07) is 8.60. The predicted molar refractivity (Wildman–Crippen MR) is 84.6 cm³/mol. The Balaban J connectivity index is 1.68. The fourth-order valence-corrected chi connectivity index (χ4v) is 4.16. The van der Waals surface area contributed by atoms with Crippen LogP contribution in [-0.2, 0) is 16.1 Å². The molecule has 4 nitrogen and oxygen atoms in total. The average Bonchev–Trinajstić information content (AvgIpc) is 2.98. The molecule has 2 aliphatic rings. The van der Waals surface area contributed by atoms with Crippen LogP contribution in [0.25, 0.3) is 0 Å². The summed E-state index contributed by atoms with van der Waals surface area (Å²) in [4.78, 5) is 13.4. The van der Waals surface area contributed by atoms with Crippen LogP contribution < -0.4 is 0 Å². The molecule has 4 unspecified atom stereocenters. The summed E-state index contributed by atoms with van der Waals surface area (Å²) in [6.07, 6.45) is -0.303. The van der Waals surface area contributed by atoms with Crippen LogP contribution in [0, 0.1) is 0 Å². The first-order valence-corrected chi connectivity index (χ1v) is 8.27. The van der Waals surface area contributed by atoms with E-state index in [0.717, 1.165) is 5.56 Å². The molecular formula is C18H23F2NO3. The number of nitrogens with zero attached hydrogens (tertiary/aromatic N) is 1. The number of rotatable bonds is 7. The van der Waals surface area contributed by atoms with Gasteiger partial charge in [-0.05, 0) is 25.8 Å². The van der Waals surface area contributed by atoms with Crippen molar-refractivity contribution in [2.45, 2.75) is 62.8 Å². The van der Waals surface area contributed by atoms with Crippen molar-refractivity contribution >= 4 is 5.97 Å². The fraction of sp³-hybridized carbons (Fsp3) is 0.611. The zero-order valence-electron chi connectivity index (χ0n) is 14.0. The Bertz CT molecular complexity index is 620. The van der Waals surface area contributed by atoms with E-state index in [1.807, 2.05) is 30.3 Å². The zero-order valence-corrected chi connectivity index (χ0v) is 14.0. The number of halogens is 2. The molecule has 0 bridgehead atoms. The van der Waals surface area contributed by atoms with Crippen molar-refractivity contribution in [3.63, 3.8) is 0 Å². The van der Waals surface area contributed by atoms with E-state index in [9.17, 15) is 18.7 Å². The molecule has 1 saturated heterocycles. The highest BCUT2D eigenvalue weighted by Gasteiger charge is 2.83. The monoisotopic (exact) mass is 339 g/mol. The van der Waals surface area contributed by atoms with E-state index >= 15 is 0 Å². The van der Waals surface area contributed by atoms with E-state index in [0.29, 0.717) is 6.54 Å². The maximum atomic E-state index is 13.9. The van der Waals surface area contributed by atoms with Gasteiger partial charge in [-0.15, -0.1) is 0 Å². The number of alkyl halides is 2. The molecule has 1 aliphatic heterocycles. The van der Waals surface area contributed by atoms with Gasteiger partial charge in [0.05, 0.1) is 30.2 Å². The third kappa shape index (κ3) is 3.05. The Morgan fingerprint density at radius 2 is 2.08 bits per heavy atom. The Morgan fingerprint density at radius 3 is 2.67 bits per heavy atom. The SMILES string of the molecule is CCOC(=O)CC(C)(O)CC12CC(F)(F)C1N2Cc1ccccc1. The number of hydrogen-bond donors (Lipinski definition) is 1. The largest absolute Gasteiger partial charge is 0.466 e. The minimum absolute atomic E-state index is 0.145. The van der Waals surface area contributed by atoms with Crippen LogP contribution in [0.4, 0.5) is 8.78 Å². The van der Waals surface area contributed by atoms with Gasteiger partial charge in [0, 0.05) is 13.0 Å². The van der Waals surface area contributed by atoms with Gasteiger partial charge in [-0.25, -0.2) is 8.78 Å². The number of likely N-dealkylation sites (tertiary alicyclic amines) is 1. The van der Waals surface area contributed by atoms with E-state index < -0.39 is 29.1 Å². The molecule has 6 heteroatoms. The second kappa shape index (κ2) is 5.77. The van der Waals surface area contributed by atoms with E-state index in [1.54, 1.807) is 11.8 Å². The quantitative estimate of drug-likeness (QED) is 0.613. The van der Waals surface area contributed by atoms with Crippen molar-refractivity contribution in [1.29, 1.82) is 0 Å². The first kappa shape index (κ1) is 17.3. The average molecular weight is 339 g/mol. The molecule has 0 amide bonds. The molecule has 0 radical (unpaired) electrons. The van der Waals surface area contributed by atoms with E-state index in [-0.39, 0.29) is 25.9 Å². The van der Waals surface area contributed by atoms with Crippen LogP contribution in [0.15, 0.2) is 30.3 Å². The van der Waals surface area contributed by atoms with Crippen molar-refractivity contribution in [2.75, 3.05) is 6.61 Å². The highest BCUT2D eigenvalue weighted by Crippen LogP contribution is 2.68. The summed E-state index contributed by atoms with van der Waals surface area (Å²) >= 11 is 0. The number of esters is 1. The molecule has 1 aliphatic carbocycles. The molecule has 0 aromatic heterocycles. The highest BCUT2D eigenvalue weighted by atomic mass is 19.3. The van der Waals surface area contributed by atoms with Crippen molar-refractivity contribution in [3.8, 4) is 0 Å². The molecule has 132 valence electrons. The van der Waals surface area contributed by atoms with Crippen LogP contribution in [0.5, 0.6) is 0 Å². The lowest BCUT2D eigenvalue weighted by Crippen LogP contribution is -2.50. The van der Waals surface area contributed by atoms with Gasteiger partial charge in [0.15, 0.2) is 0 Å². The molecule has 4 atom stereocenters. The van der Waals surface area contributed by atoms with Gasteiger partial charge in [-0.1, -0.05) is 30.3 Å². The lowest BCUT2D eigenvalue weighted by molar-refractivity contribution is -0.149. The minimum Gasteiger partial charge on any atom is -0.466 e. The molecule has 1 aromatic carbocycles. The van der Waals surface area contributed by atoms with Crippen molar-refractivity contribution in [3.05, 3.63) is 35.9 Å². The third-order valence-corrected chi connectivity index (χ3v) is 4.98. The molecule has 1 saturated carbocycles. The summed E-state index contributed by atoms with van der Waals surface area (Å²) in [7, 11) is 0. The maximum Gasteiger partial charge on any atom is 0.308 e. The van der Waals surface area contributed by atoms with Crippen LogP contribution in [-0.4, -0.2) is 45.7 Å². The minimum atomic E-state index is -2.73. The predicted octanol–water partition coefficient (Wildman–Crippen LogP) is 2.74. The summed E-state index contributed by atoms with van der Waals surface area (Å²) in [6.45, 7) is 3.87. The number of aliphatic hydroxyl groups is 1. The van der Waals surface area contributed by atoms with Gasteiger partial charge in [0.2, 0.25) is 0 Å². The number of carbonyl (C=O) groups is 1. The number of fused-ring (bicyclic) bond motifs is 1. The van der Waals surface area contributed by atoms with Crippen molar-refractivity contribution < 1.29 is 23.4 Å². The Kier molecular flexibility index (Phi) is 4.16. The van der Waals surface area contributed by atoms with Gasteiger partial charge in [-0.2, -0.15) is 0 Å². The van der Waals surface area contributed by atoms with Crippen molar-refractivity contribution in [2.24, 2.45) is 0 Å². The number of benzene rings is 1. The fourth-order valence-electron chi connectivity index (χ4n) is 4.16. The van der Waals surface area contributed by atoms with Crippen LogP contribution >= 0.6 is 0 Å². The second-order valence-corrected chi connectivity index (χ2v) is 7.21. The lowest BCUT2D eigenvalue weighted by atomic mass is 9.74. The Hall–Kier alpha value is -1.53. The van der Waals surface area contributed by atoms with Gasteiger partial charge in [0.25, 0.3) is 5.92 Å². The molecule has 24 heavy (non-hydrogen) atoms. The third-order valence-electron chi connectivity index (χ3n) is 4.98. The van der Waals surface area contributed by atoms with E-state index in [2.05, 4.69) is 0 Å². The second-order valence-electron chi connectivity index (χ2n) is 7.21.